The summed E-state index contributed by atoms with van der Waals surface area (Å²) in [5, 5.41) is 4.56. The number of sulfone groups is 1. The van der Waals surface area contributed by atoms with E-state index in [1.54, 1.807) is 20.8 Å². The van der Waals surface area contributed by atoms with Crippen LogP contribution in [0, 0.1) is 5.92 Å². The predicted molar refractivity (Wildman–Crippen MR) is 159 cm³/mol. The fourth-order valence-corrected chi connectivity index (χ4v) is 6.25. The molecule has 0 bridgehead atoms. The van der Waals surface area contributed by atoms with Crippen LogP contribution in [-0.4, -0.2) is 68.1 Å². The minimum absolute atomic E-state index is 0.0728. The van der Waals surface area contributed by atoms with Crippen LogP contribution in [0.25, 0.3) is 10.8 Å². The SMILES string of the molecule is CCCC[C@H](NC(=O)[C@H](Cc1cccc2ccccc12)CS(=O)(=O)C[C@H](COC(C)=O)OC(C)=O)C(=O)OC(C)(C)C. The highest BCUT2D eigenvalue weighted by molar-refractivity contribution is 7.91. The van der Waals surface area contributed by atoms with Gasteiger partial charge in [0.2, 0.25) is 5.91 Å². The van der Waals surface area contributed by atoms with Gasteiger partial charge >= 0.3 is 17.9 Å². The molecule has 11 heteroatoms. The molecule has 0 fully saturated rings. The average Bonchev–Trinajstić information content (AvgIpc) is 2.87. The zero-order chi connectivity index (χ0) is 31.5. The van der Waals surface area contributed by atoms with Gasteiger partial charge in [-0.1, -0.05) is 62.2 Å². The summed E-state index contributed by atoms with van der Waals surface area (Å²) in [6.45, 7) is 8.99. The maximum atomic E-state index is 13.7. The summed E-state index contributed by atoms with van der Waals surface area (Å²) in [4.78, 5) is 49.6. The molecule has 0 saturated carbocycles. The highest BCUT2D eigenvalue weighted by Gasteiger charge is 2.33. The Kier molecular flexibility index (Phi) is 13.0. The second-order valence-electron chi connectivity index (χ2n) is 11.4. The normalized spacial score (nSPS) is 14.0. The molecule has 42 heavy (non-hydrogen) atoms. The van der Waals surface area contributed by atoms with Gasteiger partial charge in [0, 0.05) is 13.8 Å². The van der Waals surface area contributed by atoms with Crippen molar-refractivity contribution in [1.29, 1.82) is 0 Å². The van der Waals surface area contributed by atoms with Crippen molar-refractivity contribution in [3.63, 3.8) is 0 Å². The fraction of sp³-hybridized carbons (Fsp3) is 0.548. The third-order valence-electron chi connectivity index (χ3n) is 6.27. The van der Waals surface area contributed by atoms with E-state index < -0.39 is 75.4 Å². The zero-order valence-electron chi connectivity index (χ0n) is 25.3. The van der Waals surface area contributed by atoms with Crippen LogP contribution >= 0.6 is 0 Å². The molecule has 0 aliphatic heterocycles. The number of benzene rings is 2. The number of hydrogen-bond donors (Lipinski definition) is 1. The van der Waals surface area contributed by atoms with E-state index >= 15 is 0 Å². The molecule has 2 aromatic carbocycles. The Bertz CT molecular complexity index is 1340. The van der Waals surface area contributed by atoms with Gasteiger partial charge in [-0.25, -0.2) is 13.2 Å². The van der Waals surface area contributed by atoms with Crippen molar-refractivity contribution in [2.24, 2.45) is 5.92 Å². The van der Waals surface area contributed by atoms with Gasteiger partial charge in [0.25, 0.3) is 0 Å². The molecule has 0 spiro atoms. The van der Waals surface area contributed by atoms with Crippen LogP contribution in [0.5, 0.6) is 0 Å². The van der Waals surface area contributed by atoms with Crippen molar-refractivity contribution in [3.05, 3.63) is 48.0 Å². The van der Waals surface area contributed by atoms with Gasteiger partial charge < -0.3 is 19.5 Å². The number of carbonyl (C=O) groups is 4. The number of amides is 1. The molecule has 0 aliphatic carbocycles. The first kappa shape index (κ1) is 34.7. The van der Waals surface area contributed by atoms with Gasteiger partial charge in [-0.05, 0) is 49.9 Å². The molecule has 1 N–H and O–H groups in total. The van der Waals surface area contributed by atoms with Crippen molar-refractivity contribution in [3.8, 4) is 0 Å². The van der Waals surface area contributed by atoms with E-state index in [-0.39, 0.29) is 6.42 Å². The summed E-state index contributed by atoms with van der Waals surface area (Å²) in [5.74, 6) is -4.91. The highest BCUT2D eigenvalue weighted by atomic mass is 32.2. The Labute approximate surface area is 248 Å². The van der Waals surface area contributed by atoms with E-state index in [4.69, 9.17) is 14.2 Å². The summed E-state index contributed by atoms with van der Waals surface area (Å²) in [6, 6.07) is 12.2. The Morgan fingerprint density at radius 2 is 1.60 bits per heavy atom. The molecule has 0 aromatic heterocycles. The molecule has 3 atom stereocenters. The molecule has 0 aliphatic rings. The number of fused-ring (bicyclic) bond motifs is 1. The summed E-state index contributed by atoms with van der Waals surface area (Å²) in [5.41, 5.74) is -0.00619. The van der Waals surface area contributed by atoms with Crippen LogP contribution in [0.3, 0.4) is 0 Å². The highest BCUT2D eigenvalue weighted by Crippen LogP contribution is 2.23. The van der Waals surface area contributed by atoms with Gasteiger partial charge in [-0.2, -0.15) is 0 Å². The molecular weight excluding hydrogens is 562 g/mol. The minimum Gasteiger partial charge on any atom is -0.462 e. The lowest BCUT2D eigenvalue weighted by atomic mass is 9.95. The van der Waals surface area contributed by atoms with Crippen molar-refractivity contribution in [2.75, 3.05) is 18.1 Å². The Morgan fingerprint density at radius 3 is 2.21 bits per heavy atom. The predicted octanol–water partition coefficient (Wildman–Crippen LogP) is 3.92. The second kappa shape index (κ2) is 15.7. The number of unbranched alkanes of at least 4 members (excludes halogenated alkanes) is 1. The molecule has 0 heterocycles. The Morgan fingerprint density at radius 1 is 0.929 bits per heavy atom. The van der Waals surface area contributed by atoms with Crippen LogP contribution in [-0.2, 0) is 49.6 Å². The number of hydrogen-bond acceptors (Lipinski definition) is 9. The van der Waals surface area contributed by atoms with Crippen LogP contribution in [0.4, 0.5) is 0 Å². The maximum absolute atomic E-state index is 13.7. The van der Waals surface area contributed by atoms with E-state index in [2.05, 4.69) is 5.32 Å². The Hall–Kier alpha value is -3.47. The molecule has 2 rings (SSSR count). The first-order chi connectivity index (χ1) is 19.6. The van der Waals surface area contributed by atoms with E-state index in [0.29, 0.717) is 12.8 Å². The topological polar surface area (TPSA) is 142 Å². The van der Waals surface area contributed by atoms with E-state index in [1.165, 1.54) is 0 Å². The molecule has 0 saturated heterocycles. The monoisotopic (exact) mass is 605 g/mol. The van der Waals surface area contributed by atoms with Gasteiger partial charge in [-0.3, -0.25) is 14.4 Å². The molecule has 2 aromatic rings. The first-order valence-electron chi connectivity index (χ1n) is 14.1. The number of ether oxygens (including phenoxy) is 3. The van der Waals surface area contributed by atoms with Gasteiger partial charge in [0.05, 0.1) is 17.4 Å². The third kappa shape index (κ3) is 12.2. The van der Waals surface area contributed by atoms with Gasteiger partial charge in [0.1, 0.15) is 24.4 Å². The summed E-state index contributed by atoms with van der Waals surface area (Å²) >= 11 is 0. The standard InChI is InChI=1S/C31H43NO9S/c1-7-8-16-28(30(36)41-31(4,5)6)32-29(35)25(17-24-14-11-13-23-12-9-10-15-27(23)24)19-42(37,38)20-26(40-22(3)34)18-39-21(2)33/h9-15,25-26,28H,7-8,16-20H2,1-6H3,(H,32,35)/t25-,26+,28+/m1/s1. The lowest BCUT2D eigenvalue weighted by molar-refractivity contribution is -0.159. The van der Waals surface area contributed by atoms with Crippen molar-refractivity contribution >= 4 is 44.4 Å². The fourth-order valence-electron chi connectivity index (χ4n) is 4.50. The number of nitrogens with one attached hydrogen (secondary N) is 1. The van der Waals surface area contributed by atoms with Gasteiger partial charge in [0.15, 0.2) is 9.84 Å². The largest absolute Gasteiger partial charge is 0.462 e. The van der Waals surface area contributed by atoms with Crippen LogP contribution in [0.15, 0.2) is 42.5 Å². The quantitative estimate of drug-likeness (QED) is 0.236. The molecular formula is C31H43NO9S. The van der Waals surface area contributed by atoms with Crippen LogP contribution < -0.4 is 5.32 Å². The zero-order valence-corrected chi connectivity index (χ0v) is 26.1. The maximum Gasteiger partial charge on any atom is 0.329 e. The van der Waals surface area contributed by atoms with Gasteiger partial charge in [-0.15, -0.1) is 0 Å². The lowest BCUT2D eigenvalue weighted by Gasteiger charge is -2.26. The first-order valence-corrected chi connectivity index (χ1v) is 15.9. The molecule has 232 valence electrons. The summed E-state index contributed by atoms with van der Waals surface area (Å²) < 4.78 is 42.3. The lowest BCUT2D eigenvalue weighted by Crippen LogP contribution is -2.48. The van der Waals surface area contributed by atoms with E-state index in [9.17, 15) is 27.6 Å². The molecule has 0 unspecified atom stereocenters. The Balaban J connectivity index is 2.41. The van der Waals surface area contributed by atoms with Crippen LogP contribution in [0.2, 0.25) is 0 Å². The minimum atomic E-state index is -4.04. The third-order valence-corrected chi connectivity index (χ3v) is 8.06. The number of esters is 3. The van der Waals surface area contributed by atoms with E-state index in [0.717, 1.165) is 36.6 Å². The number of rotatable bonds is 15. The molecule has 0 radical (unpaired) electrons. The summed E-state index contributed by atoms with van der Waals surface area (Å²) in [7, 11) is -4.04. The molecule has 10 nitrogen and oxygen atoms in total. The second-order valence-corrected chi connectivity index (χ2v) is 13.5. The van der Waals surface area contributed by atoms with Crippen molar-refractivity contribution < 1.29 is 41.8 Å². The average molecular weight is 606 g/mol. The van der Waals surface area contributed by atoms with Crippen molar-refractivity contribution in [2.45, 2.75) is 85.0 Å². The smallest absolute Gasteiger partial charge is 0.329 e. The van der Waals surface area contributed by atoms with Crippen LogP contribution in [0.1, 0.15) is 66.4 Å². The number of carbonyl (C=O) groups excluding carboxylic acids is 4. The summed E-state index contributed by atoms with van der Waals surface area (Å²) in [6.07, 6.45) is 0.599. The van der Waals surface area contributed by atoms with Crippen molar-refractivity contribution in [1.82, 2.24) is 5.32 Å². The van der Waals surface area contributed by atoms with E-state index in [1.807, 2.05) is 49.4 Å². The molecule has 1 amide bonds.